The molecule has 0 spiro atoms. The van der Waals surface area contributed by atoms with Crippen molar-refractivity contribution in [1.82, 2.24) is 9.88 Å². The second-order valence-corrected chi connectivity index (χ2v) is 4.90. The number of alkyl halides is 1. The van der Waals surface area contributed by atoms with E-state index in [1.54, 1.807) is 12.3 Å². The molecule has 0 radical (unpaired) electrons. The van der Waals surface area contributed by atoms with Crippen molar-refractivity contribution in [2.24, 2.45) is 0 Å². The van der Waals surface area contributed by atoms with Crippen LogP contribution in [0.3, 0.4) is 0 Å². The van der Waals surface area contributed by atoms with Gasteiger partial charge in [0.25, 0.3) is 5.91 Å². The SMILES string of the molecule is Cc1cc(C(=O)N(CCBr)C2CC2)ccn1. The third-order valence-corrected chi connectivity index (χ3v) is 3.07. The molecule has 1 aliphatic rings. The Morgan fingerprint density at radius 2 is 2.38 bits per heavy atom. The van der Waals surface area contributed by atoms with Crippen molar-refractivity contribution in [3.63, 3.8) is 0 Å². The van der Waals surface area contributed by atoms with Gasteiger partial charge in [-0.05, 0) is 31.9 Å². The minimum absolute atomic E-state index is 0.132. The number of amides is 1. The first kappa shape index (κ1) is 11.6. The van der Waals surface area contributed by atoms with Crippen LogP contribution >= 0.6 is 15.9 Å². The predicted molar refractivity (Wildman–Crippen MR) is 66.8 cm³/mol. The lowest BCUT2D eigenvalue weighted by Gasteiger charge is -2.21. The van der Waals surface area contributed by atoms with E-state index in [-0.39, 0.29) is 5.91 Å². The van der Waals surface area contributed by atoms with E-state index in [1.807, 2.05) is 17.9 Å². The van der Waals surface area contributed by atoms with Crippen molar-refractivity contribution in [2.45, 2.75) is 25.8 Å². The molecule has 0 bridgehead atoms. The molecule has 1 aliphatic carbocycles. The summed E-state index contributed by atoms with van der Waals surface area (Å²) in [5.41, 5.74) is 1.64. The van der Waals surface area contributed by atoms with Crippen LogP contribution in [-0.2, 0) is 0 Å². The first-order valence-corrected chi connectivity index (χ1v) is 6.64. The minimum Gasteiger partial charge on any atom is -0.335 e. The number of aryl methyl sites for hydroxylation is 1. The van der Waals surface area contributed by atoms with Gasteiger partial charge in [0, 0.05) is 35.4 Å². The molecule has 0 N–H and O–H groups in total. The Morgan fingerprint density at radius 1 is 1.62 bits per heavy atom. The standard InChI is InChI=1S/C12H15BrN2O/c1-9-8-10(4-6-14-9)12(16)15(7-5-13)11-2-3-11/h4,6,8,11H,2-3,5,7H2,1H3. The van der Waals surface area contributed by atoms with Crippen LogP contribution in [0.2, 0.25) is 0 Å². The van der Waals surface area contributed by atoms with E-state index in [1.165, 1.54) is 0 Å². The van der Waals surface area contributed by atoms with Crippen LogP contribution in [0.15, 0.2) is 18.3 Å². The Kier molecular flexibility index (Phi) is 3.59. The van der Waals surface area contributed by atoms with E-state index in [9.17, 15) is 4.79 Å². The molecule has 1 fully saturated rings. The van der Waals surface area contributed by atoms with Crippen LogP contribution in [0.1, 0.15) is 28.9 Å². The van der Waals surface area contributed by atoms with Gasteiger partial charge in [-0.15, -0.1) is 0 Å². The first-order valence-electron chi connectivity index (χ1n) is 5.52. The topological polar surface area (TPSA) is 33.2 Å². The summed E-state index contributed by atoms with van der Waals surface area (Å²) < 4.78 is 0. The highest BCUT2D eigenvalue weighted by Crippen LogP contribution is 2.28. The smallest absolute Gasteiger partial charge is 0.254 e. The highest BCUT2D eigenvalue weighted by atomic mass is 79.9. The van der Waals surface area contributed by atoms with E-state index >= 15 is 0 Å². The summed E-state index contributed by atoms with van der Waals surface area (Å²) in [6.45, 7) is 2.69. The summed E-state index contributed by atoms with van der Waals surface area (Å²) in [6.07, 6.45) is 3.98. The van der Waals surface area contributed by atoms with Crippen molar-refractivity contribution in [3.8, 4) is 0 Å². The molecule has 16 heavy (non-hydrogen) atoms. The lowest BCUT2D eigenvalue weighted by Crippen LogP contribution is -2.34. The van der Waals surface area contributed by atoms with Gasteiger partial charge < -0.3 is 4.90 Å². The number of rotatable bonds is 4. The number of hydrogen-bond donors (Lipinski definition) is 0. The number of carbonyl (C=O) groups is 1. The lowest BCUT2D eigenvalue weighted by atomic mass is 10.2. The third-order valence-electron chi connectivity index (χ3n) is 2.72. The van der Waals surface area contributed by atoms with E-state index in [4.69, 9.17) is 0 Å². The maximum Gasteiger partial charge on any atom is 0.254 e. The molecule has 1 aromatic rings. The summed E-state index contributed by atoms with van der Waals surface area (Å²) in [5.74, 6) is 0.132. The van der Waals surface area contributed by atoms with E-state index < -0.39 is 0 Å². The highest BCUT2D eigenvalue weighted by Gasteiger charge is 2.32. The molecule has 1 saturated carbocycles. The minimum atomic E-state index is 0.132. The van der Waals surface area contributed by atoms with Gasteiger partial charge in [0.15, 0.2) is 0 Å². The summed E-state index contributed by atoms with van der Waals surface area (Å²) in [6, 6.07) is 4.10. The molecule has 1 heterocycles. The molecule has 0 aromatic carbocycles. The largest absolute Gasteiger partial charge is 0.335 e. The molecule has 2 rings (SSSR count). The van der Waals surface area contributed by atoms with E-state index in [0.717, 1.165) is 36.0 Å². The van der Waals surface area contributed by atoms with Gasteiger partial charge in [-0.1, -0.05) is 15.9 Å². The summed E-state index contributed by atoms with van der Waals surface area (Å²) in [5, 5.41) is 0.833. The highest BCUT2D eigenvalue weighted by molar-refractivity contribution is 9.09. The first-order chi connectivity index (χ1) is 7.72. The Hall–Kier alpha value is -0.900. The van der Waals surface area contributed by atoms with Crippen LogP contribution in [0, 0.1) is 6.92 Å². The second-order valence-electron chi connectivity index (χ2n) is 4.10. The second kappa shape index (κ2) is 4.95. The quantitative estimate of drug-likeness (QED) is 0.795. The fourth-order valence-electron chi connectivity index (χ4n) is 1.77. The Balaban J connectivity index is 2.15. The number of halogens is 1. The zero-order chi connectivity index (χ0) is 11.5. The molecule has 0 aliphatic heterocycles. The Labute approximate surface area is 104 Å². The lowest BCUT2D eigenvalue weighted by molar-refractivity contribution is 0.0754. The monoisotopic (exact) mass is 282 g/mol. The number of aromatic nitrogens is 1. The van der Waals surface area contributed by atoms with Crippen molar-refractivity contribution >= 4 is 21.8 Å². The number of nitrogens with zero attached hydrogens (tertiary/aromatic N) is 2. The van der Waals surface area contributed by atoms with Crippen LogP contribution in [-0.4, -0.2) is 33.7 Å². The van der Waals surface area contributed by atoms with Crippen molar-refractivity contribution in [3.05, 3.63) is 29.6 Å². The summed E-state index contributed by atoms with van der Waals surface area (Å²) in [4.78, 5) is 18.3. The molecule has 1 amide bonds. The molecular formula is C12H15BrN2O. The molecule has 86 valence electrons. The third kappa shape index (κ3) is 2.61. The fraction of sp³-hybridized carbons (Fsp3) is 0.500. The van der Waals surface area contributed by atoms with Gasteiger partial charge in [0.1, 0.15) is 0 Å². The van der Waals surface area contributed by atoms with Crippen LogP contribution in [0.4, 0.5) is 0 Å². The summed E-state index contributed by atoms with van der Waals surface area (Å²) >= 11 is 3.40. The molecule has 1 aromatic heterocycles. The number of carbonyl (C=O) groups excluding carboxylic acids is 1. The van der Waals surface area contributed by atoms with Gasteiger partial charge in [0.2, 0.25) is 0 Å². The van der Waals surface area contributed by atoms with E-state index in [0.29, 0.717) is 6.04 Å². The van der Waals surface area contributed by atoms with Crippen molar-refractivity contribution < 1.29 is 4.79 Å². The molecular weight excluding hydrogens is 268 g/mol. The summed E-state index contributed by atoms with van der Waals surface area (Å²) in [7, 11) is 0. The van der Waals surface area contributed by atoms with Crippen molar-refractivity contribution in [2.75, 3.05) is 11.9 Å². The maximum atomic E-state index is 12.2. The Morgan fingerprint density at radius 3 is 2.94 bits per heavy atom. The van der Waals surface area contributed by atoms with Gasteiger partial charge in [-0.2, -0.15) is 0 Å². The average Bonchev–Trinajstić information content (AvgIpc) is 3.09. The van der Waals surface area contributed by atoms with Gasteiger partial charge in [-0.25, -0.2) is 0 Å². The van der Waals surface area contributed by atoms with Gasteiger partial charge in [-0.3, -0.25) is 9.78 Å². The van der Waals surface area contributed by atoms with Crippen LogP contribution < -0.4 is 0 Å². The predicted octanol–water partition coefficient (Wildman–Crippen LogP) is 2.39. The van der Waals surface area contributed by atoms with Crippen LogP contribution in [0.25, 0.3) is 0 Å². The Bertz CT molecular complexity index is 390. The molecule has 0 atom stereocenters. The zero-order valence-electron chi connectivity index (χ0n) is 9.32. The average molecular weight is 283 g/mol. The maximum absolute atomic E-state index is 12.2. The van der Waals surface area contributed by atoms with Crippen molar-refractivity contribution in [1.29, 1.82) is 0 Å². The van der Waals surface area contributed by atoms with Gasteiger partial charge in [0.05, 0.1) is 0 Å². The molecule has 4 heteroatoms. The van der Waals surface area contributed by atoms with Crippen LogP contribution in [0.5, 0.6) is 0 Å². The molecule has 0 saturated heterocycles. The van der Waals surface area contributed by atoms with Gasteiger partial charge >= 0.3 is 0 Å². The fourth-order valence-corrected chi connectivity index (χ4v) is 2.15. The molecule has 0 unspecified atom stereocenters. The zero-order valence-corrected chi connectivity index (χ0v) is 10.9. The number of hydrogen-bond acceptors (Lipinski definition) is 2. The number of pyridine rings is 1. The molecule has 3 nitrogen and oxygen atoms in total. The normalized spacial score (nSPS) is 14.9. The van der Waals surface area contributed by atoms with E-state index in [2.05, 4.69) is 20.9 Å².